The lowest BCUT2D eigenvalue weighted by Gasteiger charge is -2.40. The smallest absolute Gasteiger partial charge is 0.253 e. The lowest BCUT2D eigenvalue weighted by Crippen LogP contribution is -2.49. The van der Waals surface area contributed by atoms with Crippen LogP contribution in [0.15, 0.2) is 71.5 Å². The zero-order valence-electron chi connectivity index (χ0n) is 23.6. The molecule has 1 fully saturated rings. The van der Waals surface area contributed by atoms with Crippen LogP contribution in [0.4, 0.5) is 5.69 Å². The average Bonchev–Trinajstić information content (AvgIpc) is 3.40. The molecule has 2 aromatic heterocycles. The first-order valence-corrected chi connectivity index (χ1v) is 13.9. The highest BCUT2D eigenvalue weighted by molar-refractivity contribution is 5.81. The molecule has 5 aromatic rings. The first kappa shape index (κ1) is 26.0. The second kappa shape index (κ2) is 10.7. The standard InChI is InChI=1S/C32H35N7O/c1-21-10-11-22(2)29(16-21)37-12-14-38(15-13-37)30(31-34-35-36-39(31)20-25-8-6-5-7-9-25)27-19-26-17-23(3)24(4)18-28(26)33-32(27)40/h5-11,16-19,30H,12-15,20H2,1-4H3,(H,33,40)/t30-/m1/s1. The first-order chi connectivity index (χ1) is 19.4. The Morgan fingerprint density at radius 3 is 2.38 bits per heavy atom. The molecule has 8 nitrogen and oxygen atoms in total. The van der Waals surface area contributed by atoms with E-state index in [0.717, 1.165) is 48.2 Å². The highest BCUT2D eigenvalue weighted by atomic mass is 16.1. The molecule has 0 radical (unpaired) electrons. The van der Waals surface area contributed by atoms with Gasteiger partial charge >= 0.3 is 0 Å². The van der Waals surface area contributed by atoms with E-state index in [1.807, 2.05) is 35.0 Å². The van der Waals surface area contributed by atoms with Crippen molar-refractivity contribution in [2.24, 2.45) is 0 Å². The van der Waals surface area contributed by atoms with E-state index in [0.29, 0.717) is 17.9 Å². The molecular formula is C32H35N7O. The predicted molar refractivity (Wildman–Crippen MR) is 159 cm³/mol. The number of hydrogen-bond acceptors (Lipinski definition) is 6. The minimum atomic E-state index is -0.380. The summed E-state index contributed by atoms with van der Waals surface area (Å²) < 4.78 is 1.83. The quantitative estimate of drug-likeness (QED) is 0.341. The van der Waals surface area contributed by atoms with E-state index in [1.165, 1.54) is 22.4 Å². The van der Waals surface area contributed by atoms with Crippen LogP contribution < -0.4 is 10.5 Å². The Hall–Kier alpha value is -4.30. The summed E-state index contributed by atoms with van der Waals surface area (Å²) in [6.07, 6.45) is 0. The van der Waals surface area contributed by atoms with Crippen LogP contribution in [-0.2, 0) is 6.54 Å². The number of fused-ring (bicyclic) bond motifs is 1. The van der Waals surface area contributed by atoms with Crippen molar-refractivity contribution in [3.05, 3.63) is 116 Å². The van der Waals surface area contributed by atoms with Crippen molar-refractivity contribution in [2.75, 3.05) is 31.1 Å². The van der Waals surface area contributed by atoms with Crippen LogP contribution in [-0.4, -0.2) is 56.3 Å². The predicted octanol–water partition coefficient (Wildman–Crippen LogP) is 4.71. The number of rotatable bonds is 6. The molecule has 1 aliphatic rings. The number of piperazine rings is 1. The maximum Gasteiger partial charge on any atom is 0.253 e. The molecule has 0 unspecified atom stereocenters. The third-order valence-electron chi connectivity index (χ3n) is 8.15. The number of aromatic amines is 1. The van der Waals surface area contributed by atoms with Crippen LogP contribution in [0.2, 0.25) is 0 Å². The molecule has 0 bridgehead atoms. The van der Waals surface area contributed by atoms with Crippen LogP contribution in [0.1, 0.15) is 45.2 Å². The van der Waals surface area contributed by atoms with Crippen molar-refractivity contribution in [3.8, 4) is 0 Å². The fourth-order valence-electron chi connectivity index (χ4n) is 5.75. The maximum atomic E-state index is 13.7. The Morgan fingerprint density at radius 1 is 0.850 bits per heavy atom. The monoisotopic (exact) mass is 533 g/mol. The third kappa shape index (κ3) is 5.02. The molecule has 1 saturated heterocycles. The van der Waals surface area contributed by atoms with Gasteiger partial charge in [0.15, 0.2) is 5.82 Å². The normalized spacial score (nSPS) is 15.1. The molecule has 0 saturated carbocycles. The van der Waals surface area contributed by atoms with Crippen molar-refractivity contribution in [1.82, 2.24) is 30.1 Å². The fraction of sp³-hybridized carbons (Fsp3) is 0.312. The van der Waals surface area contributed by atoms with E-state index >= 15 is 0 Å². The highest BCUT2D eigenvalue weighted by Gasteiger charge is 2.33. The van der Waals surface area contributed by atoms with Gasteiger partial charge in [-0.1, -0.05) is 42.5 Å². The van der Waals surface area contributed by atoms with Gasteiger partial charge in [0.1, 0.15) is 6.04 Å². The maximum absolute atomic E-state index is 13.7. The summed E-state index contributed by atoms with van der Waals surface area (Å²) in [5.74, 6) is 0.678. The van der Waals surface area contributed by atoms with E-state index in [4.69, 9.17) is 0 Å². The van der Waals surface area contributed by atoms with Crippen molar-refractivity contribution in [1.29, 1.82) is 0 Å². The molecule has 1 aliphatic heterocycles. The zero-order valence-corrected chi connectivity index (χ0v) is 23.6. The topological polar surface area (TPSA) is 82.9 Å². The number of nitrogens with zero attached hydrogens (tertiary/aromatic N) is 6. The number of anilines is 1. The van der Waals surface area contributed by atoms with Gasteiger partial charge in [-0.15, -0.1) is 5.10 Å². The first-order valence-electron chi connectivity index (χ1n) is 13.9. The Bertz CT molecular complexity index is 1720. The van der Waals surface area contributed by atoms with Crippen LogP contribution >= 0.6 is 0 Å². The Labute approximate surface area is 234 Å². The van der Waals surface area contributed by atoms with Crippen molar-refractivity contribution in [3.63, 3.8) is 0 Å². The van der Waals surface area contributed by atoms with Gasteiger partial charge in [0, 0.05) is 42.9 Å². The van der Waals surface area contributed by atoms with Crippen LogP contribution in [0.25, 0.3) is 10.9 Å². The van der Waals surface area contributed by atoms with Gasteiger partial charge in [0.05, 0.1) is 6.54 Å². The Morgan fingerprint density at radius 2 is 1.60 bits per heavy atom. The summed E-state index contributed by atoms with van der Waals surface area (Å²) in [7, 11) is 0. The van der Waals surface area contributed by atoms with Crippen LogP contribution in [0.5, 0.6) is 0 Å². The van der Waals surface area contributed by atoms with E-state index < -0.39 is 0 Å². The Balaban J connectivity index is 1.40. The fourth-order valence-corrected chi connectivity index (χ4v) is 5.75. The van der Waals surface area contributed by atoms with Crippen LogP contribution in [0.3, 0.4) is 0 Å². The second-order valence-electron chi connectivity index (χ2n) is 11.0. The van der Waals surface area contributed by atoms with Gasteiger partial charge in [0.2, 0.25) is 0 Å². The summed E-state index contributed by atoms with van der Waals surface area (Å²) in [6, 6.07) is 22.6. The summed E-state index contributed by atoms with van der Waals surface area (Å²) in [5, 5.41) is 14.0. The Kier molecular flexibility index (Phi) is 6.94. The molecule has 40 heavy (non-hydrogen) atoms. The summed E-state index contributed by atoms with van der Waals surface area (Å²) in [5.41, 5.74) is 8.67. The number of aromatic nitrogens is 5. The molecule has 204 valence electrons. The molecule has 0 aliphatic carbocycles. The third-order valence-corrected chi connectivity index (χ3v) is 8.15. The number of pyridine rings is 1. The molecule has 0 amide bonds. The minimum absolute atomic E-state index is 0.105. The van der Waals surface area contributed by atoms with Crippen molar-refractivity contribution >= 4 is 16.6 Å². The number of aryl methyl sites for hydroxylation is 4. The largest absolute Gasteiger partial charge is 0.369 e. The lowest BCUT2D eigenvalue weighted by atomic mass is 10.00. The van der Waals surface area contributed by atoms with Gasteiger partial charge in [-0.2, -0.15) is 0 Å². The highest BCUT2D eigenvalue weighted by Crippen LogP contribution is 2.30. The van der Waals surface area contributed by atoms with Gasteiger partial charge in [-0.25, -0.2) is 4.68 Å². The van der Waals surface area contributed by atoms with E-state index in [1.54, 1.807) is 0 Å². The van der Waals surface area contributed by atoms with E-state index in [9.17, 15) is 4.79 Å². The second-order valence-corrected chi connectivity index (χ2v) is 11.0. The molecule has 6 rings (SSSR count). The zero-order chi connectivity index (χ0) is 27.8. The number of hydrogen-bond donors (Lipinski definition) is 1. The molecule has 1 atom stereocenters. The summed E-state index contributed by atoms with van der Waals surface area (Å²) in [6.45, 7) is 12.3. The molecule has 3 aromatic carbocycles. The molecular weight excluding hydrogens is 498 g/mol. The molecule has 8 heteroatoms. The van der Waals surface area contributed by atoms with Gasteiger partial charge < -0.3 is 9.88 Å². The minimum Gasteiger partial charge on any atom is -0.369 e. The SMILES string of the molecule is Cc1ccc(C)c(N2CCN([C@H](c3cc4cc(C)c(C)cc4[nH]c3=O)c3nnnn3Cc3ccccc3)CC2)c1. The molecule has 1 N–H and O–H groups in total. The van der Waals surface area contributed by atoms with E-state index in [-0.39, 0.29) is 11.6 Å². The number of nitrogens with one attached hydrogen (secondary N) is 1. The number of tetrazole rings is 1. The van der Waals surface area contributed by atoms with Crippen LogP contribution in [0, 0.1) is 27.7 Å². The number of benzene rings is 3. The van der Waals surface area contributed by atoms with E-state index in [2.05, 4.69) is 94.4 Å². The van der Waals surface area contributed by atoms with Crippen molar-refractivity contribution in [2.45, 2.75) is 40.3 Å². The summed E-state index contributed by atoms with van der Waals surface area (Å²) in [4.78, 5) is 21.6. The average molecular weight is 534 g/mol. The summed E-state index contributed by atoms with van der Waals surface area (Å²) >= 11 is 0. The molecule has 0 spiro atoms. The number of H-pyrrole nitrogens is 1. The van der Waals surface area contributed by atoms with Crippen molar-refractivity contribution < 1.29 is 0 Å². The lowest BCUT2D eigenvalue weighted by molar-refractivity contribution is 0.200. The van der Waals surface area contributed by atoms with Gasteiger partial charge in [-0.3, -0.25) is 9.69 Å². The molecule has 3 heterocycles. The van der Waals surface area contributed by atoms with Gasteiger partial charge in [0.25, 0.3) is 5.56 Å². The van der Waals surface area contributed by atoms with Gasteiger partial charge in [-0.05, 0) is 95.6 Å².